The number of amides is 2. The summed E-state index contributed by atoms with van der Waals surface area (Å²) in [5.41, 5.74) is 15.8. The molecule has 0 bridgehead atoms. The zero-order valence-corrected chi connectivity index (χ0v) is 23.3. The Balaban J connectivity index is 1.65. The lowest BCUT2D eigenvalue weighted by atomic mass is 9.63. The molecule has 0 radical (unpaired) electrons. The Hall–Kier alpha value is -3.35. The van der Waals surface area contributed by atoms with E-state index in [4.69, 9.17) is 16.6 Å². The minimum atomic E-state index is -0.101. The van der Waals surface area contributed by atoms with Crippen molar-refractivity contribution in [1.29, 1.82) is 0 Å². The molecule has 3 aliphatic rings. The summed E-state index contributed by atoms with van der Waals surface area (Å²) in [5, 5.41) is 7.16. The normalized spacial score (nSPS) is 21.9. The van der Waals surface area contributed by atoms with Crippen LogP contribution in [0.15, 0.2) is 58.6 Å². The van der Waals surface area contributed by atoms with E-state index in [0.29, 0.717) is 11.6 Å². The number of carbonyl (C=O) groups is 1. The van der Waals surface area contributed by atoms with Crippen LogP contribution >= 0.6 is 0 Å². The number of anilines is 2. The van der Waals surface area contributed by atoms with Crippen LogP contribution in [0.2, 0.25) is 0 Å². The summed E-state index contributed by atoms with van der Waals surface area (Å²) >= 11 is 0. The number of fused-ring (bicyclic) bond motifs is 1. The van der Waals surface area contributed by atoms with E-state index in [2.05, 4.69) is 44.8 Å². The van der Waals surface area contributed by atoms with Gasteiger partial charge in [0, 0.05) is 11.5 Å². The molecule has 1 aliphatic heterocycles. The highest BCUT2D eigenvalue weighted by atomic mass is 16.2. The Bertz CT molecular complexity index is 1220. The van der Waals surface area contributed by atoms with Gasteiger partial charge in [-0.15, -0.1) is 0 Å². The van der Waals surface area contributed by atoms with Crippen LogP contribution in [0.1, 0.15) is 84.6 Å². The van der Waals surface area contributed by atoms with Gasteiger partial charge in [-0.1, -0.05) is 65.2 Å². The fraction of sp³-hybridized carbons (Fsp3) is 0.516. The van der Waals surface area contributed by atoms with Crippen molar-refractivity contribution in [2.24, 2.45) is 38.3 Å². The molecule has 2 aliphatic carbocycles. The van der Waals surface area contributed by atoms with Crippen molar-refractivity contribution in [2.75, 3.05) is 4.90 Å². The van der Waals surface area contributed by atoms with E-state index < -0.39 is 0 Å². The monoisotopic (exact) mass is 514 g/mol. The number of guanidine groups is 1. The van der Waals surface area contributed by atoms with Crippen LogP contribution in [-0.4, -0.2) is 28.8 Å². The topological polar surface area (TPSA) is 100 Å². The van der Waals surface area contributed by atoms with Gasteiger partial charge in [0.05, 0.1) is 28.8 Å². The molecule has 0 saturated heterocycles. The lowest BCUT2D eigenvalue weighted by molar-refractivity contribution is 0.0423. The minimum absolute atomic E-state index is 0.00757. The van der Waals surface area contributed by atoms with Crippen molar-refractivity contribution in [2.45, 2.75) is 85.1 Å². The number of hydrazone groups is 1. The van der Waals surface area contributed by atoms with Crippen molar-refractivity contribution in [3.8, 4) is 0 Å². The first-order valence-corrected chi connectivity index (χ1v) is 14.0. The maximum absolute atomic E-state index is 14.6. The van der Waals surface area contributed by atoms with Gasteiger partial charge in [-0.05, 0) is 73.3 Å². The van der Waals surface area contributed by atoms with Crippen LogP contribution in [0.4, 0.5) is 21.9 Å². The molecule has 2 aromatic carbocycles. The van der Waals surface area contributed by atoms with Crippen LogP contribution in [0, 0.1) is 16.7 Å². The molecule has 2 saturated carbocycles. The SMILES string of the molecule is CC1(C)CC(N2N=C(C3CCCCC3)c3ccccc3N(c3ccc(N=C(N)N)cc3)C2=O)CC(C)(C)C1. The number of hydrogen-bond acceptors (Lipinski definition) is 3. The lowest BCUT2D eigenvalue weighted by Gasteiger charge is -2.47. The van der Waals surface area contributed by atoms with Crippen molar-refractivity contribution in [3.63, 3.8) is 0 Å². The highest BCUT2D eigenvalue weighted by molar-refractivity contribution is 6.13. The minimum Gasteiger partial charge on any atom is -0.370 e. The van der Waals surface area contributed by atoms with Gasteiger partial charge >= 0.3 is 6.03 Å². The molecule has 2 fully saturated rings. The second-order valence-corrected chi connectivity index (χ2v) is 12.9. The molecule has 4 N–H and O–H groups in total. The summed E-state index contributed by atoms with van der Waals surface area (Å²) in [6, 6.07) is 15.7. The lowest BCUT2D eigenvalue weighted by Crippen LogP contribution is -2.49. The number of aliphatic imine (C=N–C) groups is 1. The summed E-state index contributed by atoms with van der Waals surface area (Å²) in [5.74, 6) is 0.363. The first kappa shape index (κ1) is 26.3. The van der Waals surface area contributed by atoms with Crippen LogP contribution in [-0.2, 0) is 0 Å². The smallest absolute Gasteiger partial charge is 0.349 e. The van der Waals surface area contributed by atoms with Crippen molar-refractivity contribution < 1.29 is 4.79 Å². The highest BCUT2D eigenvalue weighted by Gasteiger charge is 2.45. The molecule has 7 nitrogen and oxygen atoms in total. The van der Waals surface area contributed by atoms with Gasteiger partial charge in [0.2, 0.25) is 0 Å². The Kier molecular flexibility index (Phi) is 6.97. The molecule has 2 aromatic rings. The third-order valence-electron chi connectivity index (χ3n) is 8.26. The molecule has 5 rings (SSSR count). The zero-order valence-electron chi connectivity index (χ0n) is 23.3. The van der Waals surface area contributed by atoms with Crippen LogP contribution < -0.4 is 16.4 Å². The van der Waals surface area contributed by atoms with Crippen LogP contribution in [0.25, 0.3) is 0 Å². The molecule has 7 heteroatoms. The van der Waals surface area contributed by atoms with Gasteiger partial charge in [-0.2, -0.15) is 5.10 Å². The summed E-state index contributed by atoms with van der Waals surface area (Å²) in [4.78, 5) is 20.6. The average molecular weight is 515 g/mol. The largest absolute Gasteiger partial charge is 0.370 e. The molecule has 0 aromatic heterocycles. The fourth-order valence-corrected chi connectivity index (χ4v) is 7.25. The maximum Gasteiger partial charge on any atom is 0.349 e. The quantitative estimate of drug-likeness (QED) is 0.337. The number of urea groups is 1. The van der Waals surface area contributed by atoms with Crippen molar-refractivity contribution in [1.82, 2.24) is 5.01 Å². The van der Waals surface area contributed by atoms with E-state index in [0.717, 1.165) is 54.8 Å². The first-order chi connectivity index (χ1) is 18.0. The number of nitrogens with two attached hydrogens (primary N) is 2. The number of hydrogen-bond donors (Lipinski definition) is 2. The van der Waals surface area contributed by atoms with E-state index in [1.807, 2.05) is 46.3 Å². The summed E-state index contributed by atoms with van der Waals surface area (Å²) < 4.78 is 0. The molecular weight excluding hydrogens is 472 g/mol. The second-order valence-electron chi connectivity index (χ2n) is 12.9. The van der Waals surface area contributed by atoms with Gasteiger partial charge in [0.15, 0.2) is 5.96 Å². The number of benzene rings is 2. The molecule has 2 amide bonds. The molecule has 0 unspecified atom stereocenters. The van der Waals surface area contributed by atoms with E-state index >= 15 is 0 Å². The highest BCUT2D eigenvalue weighted by Crippen LogP contribution is 2.48. The Morgan fingerprint density at radius 2 is 1.55 bits per heavy atom. The van der Waals surface area contributed by atoms with Gasteiger partial charge in [-0.25, -0.2) is 14.8 Å². The third-order valence-corrected chi connectivity index (χ3v) is 8.26. The Morgan fingerprint density at radius 1 is 0.921 bits per heavy atom. The molecule has 202 valence electrons. The van der Waals surface area contributed by atoms with Crippen LogP contribution in [0.3, 0.4) is 0 Å². The zero-order chi connectivity index (χ0) is 27.1. The third kappa shape index (κ3) is 5.42. The molecule has 0 spiro atoms. The summed E-state index contributed by atoms with van der Waals surface area (Å²) in [6.45, 7) is 9.29. The van der Waals surface area contributed by atoms with E-state index in [-0.39, 0.29) is 28.9 Å². The molecule has 0 atom stereocenters. The summed E-state index contributed by atoms with van der Waals surface area (Å²) in [6.07, 6.45) is 8.91. The molecule has 1 heterocycles. The number of nitrogens with zero attached hydrogens (tertiary/aromatic N) is 4. The summed E-state index contributed by atoms with van der Waals surface area (Å²) in [7, 11) is 0. The maximum atomic E-state index is 14.6. The van der Waals surface area contributed by atoms with Gasteiger partial charge in [0.25, 0.3) is 0 Å². The van der Waals surface area contributed by atoms with Crippen LogP contribution in [0.5, 0.6) is 0 Å². The van der Waals surface area contributed by atoms with E-state index in [1.165, 1.54) is 19.3 Å². The van der Waals surface area contributed by atoms with E-state index in [1.54, 1.807) is 0 Å². The standard InChI is InChI=1S/C31H42N6O/c1-30(2)18-24(19-31(3,4)20-30)37-29(38)36(23-16-14-22(15-17-23)34-28(32)33)26-13-9-8-12-25(26)27(35-37)21-10-6-5-7-11-21/h8-9,12-17,21,24H,5-7,10-11,18-20H2,1-4H3,(H4,32,33,34). The van der Waals surface area contributed by atoms with Crippen molar-refractivity contribution >= 4 is 34.8 Å². The first-order valence-electron chi connectivity index (χ1n) is 14.0. The number of para-hydroxylation sites is 1. The van der Waals surface area contributed by atoms with Gasteiger partial charge in [0.1, 0.15) is 0 Å². The molecule has 38 heavy (non-hydrogen) atoms. The van der Waals surface area contributed by atoms with Crippen molar-refractivity contribution in [3.05, 3.63) is 54.1 Å². The van der Waals surface area contributed by atoms with Gasteiger partial charge < -0.3 is 11.5 Å². The Morgan fingerprint density at radius 3 is 2.18 bits per heavy atom. The second kappa shape index (κ2) is 10.1. The number of carbonyl (C=O) groups excluding carboxylic acids is 1. The Labute approximate surface area is 227 Å². The predicted octanol–water partition coefficient (Wildman–Crippen LogP) is 7.05. The van der Waals surface area contributed by atoms with E-state index in [9.17, 15) is 4.79 Å². The average Bonchev–Trinajstić information content (AvgIpc) is 2.97. The predicted molar refractivity (Wildman–Crippen MR) is 156 cm³/mol. The molecular formula is C31H42N6O. The number of rotatable bonds is 4. The fourth-order valence-electron chi connectivity index (χ4n) is 7.25. The van der Waals surface area contributed by atoms with Gasteiger partial charge in [-0.3, -0.25) is 4.90 Å².